The van der Waals surface area contributed by atoms with Gasteiger partial charge in [-0.25, -0.2) is 4.79 Å². The molecule has 60 heavy (non-hydrogen) atoms. The molecule has 0 aliphatic heterocycles. The third-order valence-corrected chi connectivity index (χ3v) is 14.7. The largest absolute Gasteiger partial charge is 0.481 e. The topological polar surface area (TPSA) is 206 Å². The second kappa shape index (κ2) is 16.6. The Morgan fingerprint density at radius 1 is 0.767 bits per heavy atom. The minimum Gasteiger partial charge on any atom is -0.481 e. The molecule has 2 unspecified atom stereocenters. The van der Waals surface area contributed by atoms with Crippen LogP contribution in [0.5, 0.6) is 0 Å². The van der Waals surface area contributed by atoms with Crippen molar-refractivity contribution in [1.82, 2.24) is 10.6 Å². The first-order valence-corrected chi connectivity index (χ1v) is 21.7. The van der Waals surface area contributed by atoms with Crippen LogP contribution in [0.25, 0.3) is 0 Å². The Labute approximate surface area is 354 Å². The number of hydrogen-bond acceptors (Lipinski definition) is 8. The summed E-state index contributed by atoms with van der Waals surface area (Å²) >= 11 is 0. The monoisotopic (exact) mass is 827 g/mol. The molecule has 6 rings (SSSR count). The molecule has 0 saturated heterocycles. The van der Waals surface area contributed by atoms with E-state index < -0.39 is 57.8 Å². The first kappa shape index (κ1) is 44.8. The normalized spacial score (nSPS) is 29.1. The first-order valence-electron chi connectivity index (χ1n) is 21.7. The highest BCUT2D eigenvalue weighted by Gasteiger charge is 2.58. The molecule has 0 radical (unpaired) electrons. The van der Waals surface area contributed by atoms with Crippen LogP contribution in [0.4, 0.5) is 16.2 Å². The van der Waals surface area contributed by atoms with E-state index in [0.29, 0.717) is 24.2 Å². The van der Waals surface area contributed by atoms with Crippen LogP contribution in [0.2, 0.25) is 0 Å². The molecule has 4 aliphatic carbocycles. The van der Waals surface area contributed by atoms with E-state index in [2.05, 4.69) is 41.2 Å². The third-order valence-electron chi connectivity index (χ3n) is 14.7. The lowest BCUT2D eigenvalue weighted by Gasteiger charge is -2.56. The number of nitrogens with one attached hydrogen (secondary N) is 4. The summed E-state index contributed by atoms with van der Waals surface area (Å²) in [6.07, 6.45) is 7.04. The summed E-state index contributed by atoms with van der Waals surface area (Å²) < 4.78 is 5.51. The molecule has 5 amide bonds. The third kappa shape index (κ3) is 8.69. The molecular formula is C47H65N5O8. The first-order chi connectivity index (χ1) is 28.0. The van der Waals surface area contributed by atoms with E-state index in [1.165, 1.54) is 5.56 Å². The van der Waals surface area contributed by atoms with Crippen LogP contribution < -0.4 is 27.0 Å². The van der Waals surface area contributed by atoms with Crippen LogP contribution in [-0.4, -0.2) is 58.5 Å². The Kier molecular flexibility index (Phi) is 12.4. The fourth-order valence-corrected chi connectivity index (χ4v) is 11.5. The number of fused-ring (bicyclic) bond motifs is 6. The Hall–Kier alpha value is -4.78. The van der Waals surface area contributed by atoms with Gasteiger partial charge in [0.05, 0.1) is 16.9 Å². The number of aryl methyl sites for hydroxylation is 2. The summed E-state index contributed by atoms with van der Waals surface area (Å²) in [4.78, 5) is 78.7. The van der Waals surface area contributed by atoms with E-state index in [0.717, 1.165) is 68.1 Å². The molecule has 0 bridgehead atoms. The smallest absolute Gasteiger partial charge is 0.412 e. The molecule has 2 saturated carbocycles. The Balaban J connectivity index is 1.17. The lowest BCUT2D eigenvalue weighted by atomic mass is 9.49. The molecule has 0 heterocycles. The number of aliphatic carboxylic acids is 1. The van der Waals surface area contributed by atoms with Crippen molar-refractivity contribution in [3.05, 3.63) is 58.7 Å². The minimum atomic E-state index is -1.06. The predicted molar refractivity (Wildman–Crippen MR) is 229 cm³/mol. The molecule has 2 aromatic rings. The summed E-state index contributed by atoms with van der Waals surface area (Å²) in [6.45, 7) is 15.5. The van der Waals surface area contributed by atoms with Gasteiger partial charge in [-0.2, -0.15) is 0 Å². The average molecular weight is 828 g/mol. The molecule has 0 aromatic heterocycles. The maximum atomic E-state index is 14.7. The number of amides is 5. The maximum absolute atomic E-state index is 14.7. The van der Waals surface area contributed by atoms with Crippen molar-refractivity contribution in [2.45, 2.75) is 161 Å². The SMILES string of the molecule is CC(NC(=O)C(N)CCC(=O)O)C(=O)Nc1ccc2c(c1)[C@@]1(C)CCC[C@](C)(C(=O)NC(=O)[C@@]3(C)CCC[C@]4(C)c5cc(NC(=O)OC(C)(C)C)ccc5CC[C@@H]34)[C@@H]1CC2. The predicted octanol–water partition coefficient (Wildman–Crippen LogP) is 7.03. The van der Waals surface area contributed by atoms with E-state index in [4.69, 9.17) is 15.6 Å². The molecule has 2 aromatic carbocycles. The van der Waals surface area contributed by atoms with Gasteiger partial charge in [-0.05, 0) is 155 Å². The van der Waals surface area contributed by atoms with Crippen LogP contribution >= 0.6 is 0 Å². The van der Waals surface area contributed by atoms with Gasteiger partial charge in [0.1, 0.15) is 11.6 Å². The molecule has 7 N–H and O–H groups in total. The van der Waals surface area contributed by atoms with Gasteiger partial charge in [-0.1, -0.05) is 52.7 Å². The summed E-state index contributed by atoms with van der Waals surface area (Å²) in [5.41, 5.74) is 8.70. The van der Waals surface area contributed by atoms with Crippen molar-refractivity contribution in [2.75, 3.05) is 10.6 Å². The van der Waals surface area contributed by atoms with Gasteiger partial charge in [-0.3, -0.25) is 34.6 Å². The van der Waals surface area contributed by atoms with Crippen molar-refractivity contribution in [3.63, 3.8) is 0 Å². The van der Waals surface area contributed by atoms with Crippen LogP contribution in [-0.2, 0) is 52.4 Å². The molecule has 2 fully saturated rings. The number of benzene rings is 2. The molecule has 4 aliphatic rings. The van der Waals surface area contributed by atoms with Crippen LogP contribution in [0, 0.1) is 22.7 Å². The number of nitrogens with two attached hydrogens (primary N) is 1. The number of carbonyl (C=O) groups is 6. The van der Waals surface area contributed by atoms with Crippen molar-refractivity contribution in [2.24, 2.45) is 28.4 Å². The second-order valence-electron chi connectivity index (χ2n) is 20.0. The van der Waals surface area contributed by atoms with E-state index in [1.54, 1.807) is 6.92 Å². The Morgan fingerprint density at radius 3 is 1.72 bits per heavy atom. The molecule has 13 nitrogen and oxygen atoms in total. The zero-order valence-corrected chi connectivity index (χ0v) is 36.6. The van der Waals surface area contributed by atoms with E-state index >= 15 is 0 Å². The van der Waals surface area contributed by atoms with Gasteiger partial charge in [-0.15, -0.1) is 0 Å². The Morgan fingerprint density at radius 2 is 1.25 bits per heavy atom. The fourth-order valence-electron chi connectivity index (χ4n) is 11.5. The molecule has 326 valence electrons. The number of anilines is 2. The van der Waals surface area contributed by atoms with Gasteiger partial charge < -0.3 is 26.2 Å². The van der Waals surface area contributed by atoms with Crippen LogP contribution in [0.3, 0.4) is 0 Å². The van der Waals surface area contributed by atoms with Crippen molar-refractivity contribution in [1.29, 1.82) is 0 Å². The number of carbonyl (C=O) groups excluding carboxylic acids is 5. The maximum Gasteiger partial charge on any atom is 0.412 e. The quantitative estimate of drug-likeness (QED) is 0.136. The summed E-state index contributed by atoms with van der Waals surface area (Å²) in [5.74, 6) is -2.61. The van der Waals surface area contributed by atoms with E-state index in [9.17, 15) is 28.8 Å². The van der Waals surface area contributed by atoms with Crippen molar-refractivity contribution < 1.29 is 38.6 Å². The molecule has 0 spiro atoms. The summed E-state index contributed by atoms with van der Waals surface area (Å²) in [5, 5.41) is 20.3. The average Bonchev–Trinajstić information content (AvgIpc) is 3.16. The highest BCUT2D eigenvalue weighted by Crippen LogP contribution is 2.60. The van der Waals surface area contributed by atoms with Crippen LogP contribution in [0.15, 0.2) is 36.4 Å². The standard InChI is InChI=1S/C47H65N5O8/c1-27(49-39(56)34(48)17-20-37(53)54)38(55)50-30-15-11-28-13-18-35-44(5,32(28)25-30)21-9-23-46(35,7)40(57)52-41(58)47(8)24-10-22-45(6)33-26-31(51-42(59)60-43(2,3)4)16-12-29(33)14-19-36(45)47/h11-12,15-16,25-27,34-36H,9-10,13-14,17-24,48H2,1-8H3,(H,49,56)(H,50,55)(H,51,59)(H,53,54)(H,52,57,58)/t27?,34?,35-,36-,44-,45-,46+,47+/m1/s1. The molecule has 8 atom stereocenters. The zero-order chi connectivity index (χ0) is 44.0. The summed E-state index contributed by atoms with van der Waals surface area (Å²) in [6, 6.07) is 9.92. The number of ether oxygens (including phenoxy) is 1. The second-order valence-corrected chi connectivity index (χ2v) is 20.0. The van der Waals surface area contributed by atoms with E-state index in [-0.39, 0.29) is 41.9 Å². The van der Waals surface area contributed by atoms with Gasteiger partial charge in [0, 0.05) is 17.8 Å². The number of imide groups is 1. The lowest BCUT2D eigenvalue weighted by molar-refractivity contribution is -0.150. The van der Waals surface area contributed by atoms with Gasteiger partial charge in [0.2, 0.25) is 23.6 Å². The number of carboxylic acid groups (broad SMARTS) is 1. The van der Waals surface area contributed by atoms with E-state index in [1.807, 2.05) is 65.0 Å². The van der Waals surface area contributed by atoms with Gasteiger partial charge >= 0.3 is 12.1 Å². The van der Waals surface area contributed by atoms with Crippen LogP contribution in [0.1, 0.15) is 142 Å². The highest BCUT2D eigenvalue weighted by molar-refractivity contribution is 6.01. The fraction of sp³-hybridized carbons (Fsp3) is 0.617. The minimum absolute atomic E-state index is 0.0137. The number of carboxylic acids is 1. The summed E-state index contributed by atoms with van der Waals surface area (Å²) in [7, 11) is 0. The Bertz CT molecular complexity index is 2060. The molecular weight excluding hydrogens is 763 g/mol. The van der Waals surface area contributed by atoms with Crippen molar-refractivity contribution in [3.8, 4) is 0 Å². The number of rotatable bonds is 10. The van der Waals surface area contributed by atoms with Gasteiger partial charge in [0.25, 0.3) is 0 Å². The molecule has 13 heteroatoms. The lowest BCUT2D eigenvalue weighted by Crippen LogP contribution is -2.60. The number of hydrogen-bond donors (Lipinski definition) is 6. The highest BCUT2D eigenvalue weighted by atomic mass is 16.6. The van der Waals surface area contributed by atoms with Crippen molar-refractivity contribution >= 4 is 47.1 Å². The zero-order valence-electron chi connectivity index (χ0n) is 36.6. The van der Waals surface area contributed by atoms with Gasteiger partial charge in [0.15, 0.2) is 0 Å².